The lowest BCUT2D eigenvalue weighted by atomic mass is 9.97. The molecular weight excluding hydrogens is 304 g/mol. The summed E-state index contributed by atoms with van der Waals surface area (Å²) in [6.07, 6.45) is 2.22. The predicted octanol–water partition coefficient (Wildman–Crippen LogP) is 3.87. The molecule has 1 aliphatic rings. The summed E-state index contributed by atoms with van der Waals surface area (Å²) in [7, 11) is 0. The van der Waals surface area contributed by atoms with Gasteiger partial charge in [-0.15, -0.1) is 11.3 Å². The number of rotatable bonds is 6. The second kappa shape index (κ2) is 7.95. The molecule has 3 nitrogen and oxygen atoms in total. The van der Waals surface area contributed by atoms with Gasteiger partial charge in [0.1, 0.15) is 0 Å². The van der Waals surface area contributed by atoms with Crippen LogP contribution >= 0.6 is 11.3 Å². The number of likely N-dealkylation sites (tertiary alicyclic amines) is 1. The number of hydrogen-bond donors (Lipinski definition) is 2. The molecule has 0 atom stereocenters. The summed E-state index contributed by atoms with van der Waals surface area (Å²) < 4.78 is 0. The highest BCUT2D eigenvalue weighted by atomic mass is 32.1. The minimum absolute atomic E-state index is 0.339. The monoisotopic (exact) mass is 330 g/mol. The van der Waals surface area contributed by atoms with Crippen molar-refractivity contribution >= 4 is 17.0 Å². The van der Waals surface area contributed by atoms with Gasteiger partial charge in [-0.3, -0.25) is 4.90 Å². The van der Waals surface area contributed by atoms with E-state index in [2.05, 4.69) is 52.9 Å². The quantitative estimate of drug-likeness (QED) is 0.844. The van der Waals surface area contributed by atoms with Gasteiger partial charge >= 0.3 is 0 Å². The van der Waals surface area contributed by atoms with E-state index in [-0.39, 0.29) is 0 Å². The standard InChI is InChI=1S/C19H26N2OS/c1-15-8-11-23-19(15)12-20-18-5-3-2-4-17(18)13-21-9-6-16(14-22)7-10-21/h2-5,8,11,16,20,22H,6-7,9-10,12-14H2,1H3. The van der Waals surface area contributed by atoms with E-state index >= 15 is 0 Å². The maximum absolute atomic E-state index is 9.27. The SMILES string of the molecule is Cc1ccsc1CNc1ccccc1CN1CCC(CO)CC1. The maximum Gasteiger partial charge on any atom is 0.0496 e. The Kier molecular flexibility index (Phi) is 5.70. The molecule has 1 fully saturated rings. The summed E-state index contributed by atoms with van der Waals surface area (Å²) in [5.74, 6) is 0.501. The van der Waals surface area contributed by atoms with Crippen molar-refractivity contribution in [2.75, 3.05) is 25.0 Å². The second-order valence-corrected chi connectivity index (χ2v) is 7.44. The first kappa shape index (κ1) is 16.5. The maximum atomic E-state index is 9.27. The summed E-state index contributed by atoms with van der Waals surface area (Å²) in [5.41, 5.74) is 3.97. The van der Waals surface area contributed by atoms with E-state index < -0.39 is 0 Å². The van der Waals surface area contributed by atoms with E-state index in [9.17, 15) is 5.11 Å². The second-order valence-electron chi connectivity index (χ2n) is 6.44. The Balaban J connectivity index is 1.60. The Morgan fingerprint density at radius 2 is 2.00 bits per heavy atom. The van der Waals surface area contributed by atoms with Crippen LogP contribution in [0.15, 0.2) is 35.7 Å². The van der Waals surface area contributed by atoms with E-state index in [1.807, 2.05) is 11.3 Å². The van der Waals surface area contributed by atoms with E-state index in [0.717, 1.165) is 39.0 Å². The van der Waals surface area contributed by atoms with Gasteiger partial charge in [-0.05, 0) is 67.4 Å². The van der Waals surface area contributed by atoms with E-state index in [1.165, 1.54) is 21.7 Å². The Bertz CT molecular complexity index is 617. The van der Waals surface area contributed by atoms with Crippen LogP contribution in [0.4, 0.5) is 5.69 Å². The van der Waals surface area contributed by atoms with Gasteiger partial charge in [-0.1, -0.05) is 18.2 Å². The Labute approximate surface area is 143 Å². The van der Waals surface area contributed by atoms with Crippen LogP contribution in [0.3, 0.4) is 0 Å². The molecule has 0 spiro atoms. The van der Waals surface area contributed by atoms with Crippen molar-refractivity contribution in [3.05, 3.63) is 51.7 Å². The van der Waals surface area contributed by atoms with Crippen LogP contribution in [-0.4, -0.2) is 29.7 Å². The Hall–Kier alpha value is -1.36. The zero-order valence-electron chi connectivity index (χ0n) is 13.8. The van der Waals surface area contributed by atoms with Crippen LogP contribution in [0.5, 0.6) is 0 Å². The Morgan fingerprint density at radius 1 is 1.22 bits per heavy atom. The minimum Gasteiger partial charge on any atom is -0.396 e. The summed E-state index contributed by atoms with van der Waals surface area (Å²) in [5, 5.41) is 15.0. The first-order valence-corrected chi connectivity index (χ1v) is 9.32. The molecule has 2 heterocycles. The van der Waals surface area contributed by atoms with Crippen molar-refractivity contribution in [1.82, 2.24) is 4.90 Å². The lowest BCUT2D eigenvalue weighted by Gasteiger charge is -2.31. The number of nitrogens with one attached hydrogen (secondary N) is 1. The van der Waals surface area contributed by atoms with Crippen LogP contribution in [0.2, 0.25) is 0 Å². The molecule has 0 saturated carbocycles. The minimum atomic E-state index is 0.339. The van der Waals surface area contributed by atoms with Crippen molar-refractivity contribution in [1.29, 1.82) is 0 Å². The zero-order chi connectivity index (χ0) is 16.1. The average molecular weight is 330 g/mol. The zero-order valence-corrected chi connectivity index (χ0v) is 14.6. The molecule has 124 valence electrons. The topological polar surface area (TPSA) is 35.5 Å². The van der Waals surface area contributed by atoms with Crippen molar-refractivity contribution in [3.8, 4) is 0 Å². The number of aryl methyl sites for hydroxylation is 1. The molecule has 4 heteroatoms. The molecule has 0 amide bonds. The molecule has 23 heavy (non-hydrogen) atoms. The van der Waals surface area contributed by atoms with Crippen LogP contribution in [0.1, 0.15) is 28.8 Å². The van der Waals surface area contributed by atoms with Gasteiger partial charge < -0.3 is 10.4 Å². The van der Waals surface area contributed by atoms with Gasteiger partial charge in [-0.2, -0.15) is 0 Å². The first-order valence-electron chi connectivity index (χ1n) is 8.44. The van der Waals surface area contributed by atoms with Crippen LogP contribution in [0.25, 0.3) is 0 Å². The van der Waals surface area contributed by atoms with Gasteiger partial charge in [0, 0.05) is 30.3 Å². The number of aliphatic hydroxyl groups is 1. The predicted molar refractivity (Wildman–Crippen MR) is 97.9 cm³/mol. The molecule has 2 N–H and O–H groups in total. The lowest BCUT2D eigenvalue weighted by molar-refractivity contribution is 0.127. The van der Waals surface area contributed by atoms with Crippen LogP contribution in [-0.2, 0) is 13.1 Å². The Morgan fingerprint density at radius 3 is 2.70 bits per heavy atom. The molecule has 2 aromatic rings. The number of thiophene rings is 1. The smallest absolute Gasteiger partial charge is 0.0496 e. The molecule has 0 aliphatic carbocycles. The van der Waals surface area contributed by atoms with Crippen molar-refractivity contribution in [2.24, 2.45) is 5.92 Å². The van der Waals surface area contributed by atoms with E-state index in [0.29, 0.717) is 12.5 Å². The molecule has 0 radical (unpaired) electrons. The summed E-state index contributed by atoms with van der Waals surface area (Å²) in [4.78, 5) is 3.91. The van der Waals surface area contributed by atoms with Crippen molar-refractivity contribution in [2.45, 2.75) is 32.9 Å². The van der Waals surface area contributed by atoms with Crippen LogP contribution in [0, 0.1) is 12.8 Å². The third kappa shape index (κ3) is 4.34. The molecule has 1 aliphatic heterocycles. The average Bonchev–Trinajstić information content (AvgIpc) is 3.00. The van der Waals surface area contributed by atoms with Crippen molar-refractivity contribution < 1.29 is 5.11 Å². The van der Waals surface area contributed by atoms with Crippen LogP contribution < -0.4 is 5.32 Å². The summed E-state index contributed by atoms with van der Waals surface area (Å²) >= 11 is 1.82. The molecule has 3 rings (SSSR count). The number of anilines is 1. The third-order valence-electron chi connectivity index (χ3n) is 4.78. The molecule has 1 aromatic heterocycles. The van der Waals surface area contributed by atoms with Gasteiger partial charge in [0.05, 0.1) is 0 Å². The largest absolute Gasteiger partial charge is 0.396 e. The fourth-order valence-corrected chi connectivity index (χ4v) is 4.01. The number of aliphatic hydroxyl groups excluding tert-OH is 1. The number of nitrogens with zero attached hydrogens (tertiary/aromatic N) is 1. The fraction of sp³-hybridized carbons (Fsp3) is 0.474. The molecule has 1 aromatic carbocycles. The highest BCUT2D eigenvalue weighted by molar-refractivity contribution is 7.10. The third-order valence-corrected chi connectivity index (χ3v) is 5.81. The number of benzene rings is 1. The number of piperidine rings is 1. The number of para-hydroxylation sites is 1. The molecule has 0 bridgehead atoms. The normalized spacial score (nSPS) is 16.6. The highest BCUT2D eigenvalue weighted by Gasteiger charge is 2.19. The van der Waals surface area contributed by atoms with Gasteiger partial charge in [-0.25, -0.2) is 0 Å². The van der Waals surface area contributed by atoms with Crippen molar-refractivity contribution in [3.63, 3.8) is 0 Å². The van der Waals surface area contributed by atoms with Gasteiger partial charge in [0.15, 0.2) is 0 Å². The van der Waals surface area contributed by atoms with Gasteiger partial charge in [0.25, 0.3) is 0 Å². The lowest BCUT2D eigenvalue weighted by Crippen LogP contribution is -2.34. The van der Waals surface area contributed by atoms with E-state index in [4.69, 9.17) is 0 Å². The first-order chi connectivity index (χ1) is 11.3. The summed E-state index contributed by atoms with van der Waals surface area (Å²) in [6.45, 7) is 6.57. The molecular formula is C19H26N2OS. The van der Waals surface area contributed by atoms with E-state index in [1.54, 1.807) is 0 Å². The molecule has 1 saturated heterocycles. The highest BCUT2D eigenvalue weighted by Crippen LogP contribution is 2.23. The summed E-state index contributed by atoms with van der Waals surface area (Å²) in [6, 6.07) is 10.8. The number of hydrogen-bond acceptors (Lipinski definition) is 4. The fourth-order valence-electron chi connectivity index (χ4n) is 3.16. The van der Waals surface area contributed by atoms with Gasteiger partial charge in [0.2, 0.25) is 0 Å². The molecule has 0 unspecified atom stereocenters.